The molecule has 0 aliphatic rings. The molecule has 1 amide bonds. The molecule has 0 unspecified atom stereocenters. The van der Waals surface area contributed by atoms with Crippen LogP contribution in [0.5, 0.6) is 0 Å². The van der Waals surface area contributed by atoms with Crippen LogP contribution in [0.25, 0.3) is 0 Å². The summed E-state index contributed by atoms with van der Waals surface area (Å²) >= 11 is 8.80. The molecule has 0 aromatic rings. The van der Waals surface area contributed by atoms with Crippen molar-refractivity contribution in [1.29, 1.82) is 0 Å². The Balaban J connectivity index is -0.0000000720. The lowest BCUT2D eigenvalue weighted by atomic mass is 10.8. The lowest BCUT2D eigenvalue weighted by Crippen LogP contribution is -2.01. The molecule has 0 aliphatic heterocycles. The Labute approximate surface area is 68.9 Å². The van der Waals surface area contributed by atoms with Gasteiger partial charge >= 0.3 is 4.70 Å². The number of carbonyl (C=O) groups excluding carboxylic acids is 2. The minimum atomic E-state index is -0.889. The number of carbonyl (C=O) groups is 2. The summed E-state index contributed by atoms with van der Waals surface area (Å²) < 4.78 is -0.889. The van der Waals surface area contributed by atoms with Gasteiger partial charge in [0.25, 0.3) is 0 Å². The summed E-state index contributed by atoms with van der Waals surface area (Å²) in [5.74, 6) is -0.333. The van der Waals surface area contributed by atoms with Crippen molar-refractivity contribution in [2.45, 2.75) is 6.92 Å². The van der Waals surface area contributed by atoms with Gasteiger partial charge in [-0.25, -0.2) is 0 Å². The second-order valence-corrected chi connectivity index (χ2v) is 1.72. The molecule has 2 N–H and O–H groups in total. The summed E-state index contributed by atoms with van der Waals surface area (Å²) in [4.78, 5) is 18.2. The first-order chi connectivity index (χ1) is 3.46. The first-order valence-electron chi connectivity index (χ1n) is 1.57. The van der Waals surface area contributed by atoms with Crippen molar-refractivity contribution in [2.75, 3.05) is 0 Å². The fraction of sp³-hybridized carbons (Fsp3) is 0.333. The third-order valence-corrected chi connectivity index (χ3v) is 0. The minimum absolute atomic E-state index is 0. The fourth-order valence-electron chi connectivity index (χ4n) is 0. The van der Waals surface area contributed by atoms with Crippen LogP contribution in [0, 0.1) is 0 Å². The molecule has 0 rings (SSSR count). The molecular weight excluding hydrogens is 188 g/mol. The molecule has 9 heavy (non-hydrogen) atoms. The van der Waals surface area contributed by atoms with Crippen LogP contribution in [0.15, 0.2) is 0 Å². The van der Waals surface area contributed by atoms with Crippen molar-refractivity contribution in [3.63, 3.8) is 0 Å². The average Bonchev–Trinajstić information content (AvgIpc) is 1.25. The summed E-state index contributed by atoms with van der Waals surface area (Å²) in [5.41, 5.74) is 4.47. The fourth-order valence-corrected chi connectivity index (χ4v) is 0. The van der Waals surface area contributed by atoms with Crippen LogP contribution in [0.4, 0.5) is 4.79 Å². The molecule has 0 atom stereocenters. The predicted octanol–water partition coefficient (Wildman–Crippen LogP) is 1.50. The zero-order chi connectivity index (χ0) is 7.15. The van der Waals surface area contributed by atoms with E-state index in [9.17, 15) is 4.79 Å². The highest BCUT2D eigenvalue weighted by molar-refractivity contribution is 6.93. The first-order valence-corrected chi connectivity index (χ1v) is 2.33. The van der Waals surface area contributed by atoms with Crippen molar-refractivity contribution in [2.24, 2.45) is 5.73 Å². The van der Waals surface area contributed by atoms with Crippen LogP contribution in [-0.2, 0) is 4.79 Å². The smallest absolute Gasteiger partial charge is 0.313 e. The molecule has 0 heterocycles. The molecule has 0 radical (unpaired) electrons. The summed E-state index contributed by atoms with van der Waals surface area (Å²) in [5, 5.41) is 0. The van der Waals surface area contributed by atoms with Gasteiger partial charge in [0.05, 0.1) is 0 Å². The Bertz CT molecular complexity index is 75.1. The summed E-state index contributed by atoms with van der Waals surface area (Å²) in [7, 11) is 0. The van der Waals surface area contributed by atoms with E-state index in [4.69, 9.17) is 4.79 Å². The molecule has 6 heteroatoms. The van der Waals surface area contributed by atoms with E-state index in [-0.39, 0.29) is 18.3 Å². The Morgan fingerprint density at radius 2 is 1.33 bits per heavy atom. The average molecular weight is 194 g/mol. The van der Waals surface area contributed by atoms with E-state index in [1.807, 2.05) is 0 Å². The van der Waals surface area contributed by atoms with Gasteiger partial charge in [0, 0.05) is 6.92 Å². The van der Waals surface area contributed by atoms with Gasteiger partial charge in [-0.15, -0.1) is 12.4 Å². The number of rotatable bonds is 0. The van der Waals surface area contributed by atoms with Crippen molar-refractivity contribution in [1.82, 2.24) is 0 Å². The normalized spacial score (nSPS) is 5.67. The predicted molar refractivity (Wildman–Crippen MR) is 39.2 cm³/mol. The molecule has 56 valence electrons. The van der Waals surface area contributed by atoms with Gasteiger partial charge in [-0.1, -0.05) is 0 Å². The van der Waals surface area contributed by atoms with E-state index in [0.717, 1.165) is 0 Å². The highest BCUT2D eigenvalue weighted by atomic mass is 35.5. The van der Waals surface area contributed by atoms with Gasteiger partial charge in [-0.2, -0.15) is 0 Å². The van der Waals surface area contributed by atoms with E-state index in [2.05, 4.69) is 28.9 Å². The maximum absolute atomic E-state index is 9.22. The van der Waals surface area contributed by atoms with Gasteiger partial charge < -0.3 is 5.73 Å². The third-order valence-electron chi connectivity index (χ3n) is 0. The molecule has 0 fully saturated rings. The topological polar surface area (TPSA) is 60.2 Å². The van der Waals surface area contributed by atoms with Crippen LogP contribution in [0.2, 0.25) is 0 Å². The quantitative estimate of drug-likeness (QED) is 0.594. The second-order valence-electron chi connectivity index (χ2n) is 0.836. The number of hydrogen-bond acceptors (Lipinski definition) is 2. The Morgan fingerprint density at radius 1 is 1.33 bits per heavy atom. The van der Waals surface area contributed by atoms with Crippen LogP contribution in [-0.4, -0.2) is 10.6 Å². The Hall–Kier alpha value is 0.01000. The van der Waals surface area contributed by atoms with E-state index < -0.39 is 4.70 Å². The number of halogens is 3. The maximum Gasteiger partial charge on any atom is 0.313 e. The third kappa shape index (κ3) is 2890000. The second kappa shape index (κ2) is 10.9. The molecule has 0 aliphatic carbocycles. The number of primary amides is 1. The molecule has 0 aromatic carbocycles. The SMILES string of the molecule is CC(N)=O.Cl.O=C(Cl)Cl. The van der Waals surface area contributed by atoms with E-state index >= 15 is 0 Å². The van der Waals surface area contributed by atoms with Crippen LogP contribution < -0.4 is 5.73 Å². The van der Waals surface area contributed by atoms with Gasteiger partial charge in [0.15, 0.2) is 0 Å². The Kier molecular flexibility index (Phi) is 19.4. The lowest BCUT2D eigenvalue weighted by Gasteiger charge is -1.60. The molecule has 0 saturated heterocycles. The Morgan fingerprint density at radius 3 is 1.33 bits per heavy atom. The van der Waals surface area contributed by atoms with Crippen molar-refractivity contribution >= 4 is 46.2 Å². The largest absolute Gasteiger partial charge is 0.370 e. The van der Waals surface area contributed by atoms with E-state index in [1.54, 1.807) is 0 Å². The highest BCUT2D eigenvalue weighted by Crippen LogP contribution is 1.84. The van der Waals surface area contributed by atoms with E-state index in [0.29, 0.717) is 0 Å². The zero-order valence-corrected chi connectivity index (χ0v) is 6.89. The van der Waals surface area contributed by atoms with Crippen LogP contribution >= 0.6 is 35.6 Å². The van der Waals surface area contributed by atoms with Gasteiger partial charge in [-0.05, 0) is 23.2 Å². The van der Waals surface area contributed by atoms with Crippen LogP contribution in [0.1, 0.15) is 6.92 Å². The minimum Gasteiger partial charge on any atom is -0.370 e. The van der Waals surface area contributed by atoms with Crippen molar-refractivity contribution < 1.29 is 9.59 Å². The number of nitrogens with two attached hydrogens (primary N) is 1. The van der Waals surface area contributed by atoms with Crippen molar-refractivity contribution in [3.05, 3.63) is 0 Å². The molecule has 0 bridgehead atoms. The highest BCUT2D eigenvalue weighted by Gasteiger charge is 1.72. The summed E-state index contributed by atoms with van der Waals surface area (Å²) in [6.07, 6.45) is 0. The molecular formula is C3H6Cl3NO2. The summed E-state index contributed by atoms with van der Waals surface area (Å²) in [6.45, 7) is 1.31. The molecule has 0 spiro atoms. The van der Waals surface area contributed by atoms with Gasteiger partial charge in [0.1, 0.15) is 0 Å². The van der Waals surface area contributed by atoms with E-state index in [1.165, 1.54) is 6.92 Å². The van der Waals surface area contributed by atoms with Crippen LogP contribution in [0.3, 0.4) is 0 Å². The molecule has 0 saturated carbocycles. The van der Waals surface area contributed by atoms with Crippen molar-refractivity contribution in [3.8, 4) is 0 Å². The zero-order valence-electron chi connectivity index (χ0n) is 4.56. The number of hydrogen-bond donors (Lipinski definition) is 1. The summed E-state index contributed by atoms with van der Waals surface area (Å²) in [6, 6.07) is 0. The first kappa shape index (κ1) is 16.0. The monoisotopic (exact) mass is 193 g/mol. The maximum atomic E-state index is 9.22. The van der Waals surface area contributed by atoms with Gasteiger partial charge in [0.2, 0.25) is 5.91 Å². The van der Waals surface area contributed by atoms with Gasteiger partial charge in [-0.3, -0.25) is 9.59 Å². The molecule has 3 nitrogen and oxygen atoms in total. The standard InChI is InChI=1S/C2H5NO.CCl2O.ClH/c1-2(3)4;2-1(3)4;/h1H3,(H2,3,4);;1H. The lowest BCUT2D eigenvalue weighted by molar-refractivity contribution is -0.115. The molecule has 0 aromatic heterocycles. The number of amides is 1.